The molecule has 7 nitrogen and oxygen atoms in total. The number of likely N-dealkylation sites (N-methyl/N-ethyl adjacent to an activating group) is 1. The molecule has 1 amide bonds. The zero-order chi connectivity index (χ0) is 18.7. The van der Waals surface area contributed by atoms with Crippen LogP contribution in [-0.2, 0) is 17.8 Å². The average molecular weight is 371 g/mol. The summed E-state index contributed by atoms with van der Waals surface area (Å²) in [5.74, 6) is -0.111. The molecule has 0 fully saturated rings. The van der Waals surface area contributed by atoms with E-state index in [1.807, 2.05) is 50.1 Å². The van der Waals surface area contributed by atoms with Crippen LogP contribution < -0.4 is 10.9 Å². The molecule has 136 valence electrons. The van der Waals surface area contributed by atoms with E-state index in [1.165, 1.54) is 21.9 Å². The van der Waals surface area contributed by atoms with Gasteiger partial charge in [-0.2, -0.15) is 9.61 Å². The average Bonchev–Trinajstić information content (AvgIpc) is 3.00. The number of hydrogen-bond acceptors (Lipinski definition) is 6. The number of aryl methyl sites for hydroxylation is 2. The van der Waals surface area contributed by atoms with Gasteiger partial charge in [-0.05, 0) is 32.5 Å². The van der Waals surface area contributed by atoms with Gasteiger partial charge in [0.25, 0.3) is 5.56 Å². The molecule has 0 unspecified atom stereocenters. The summed E-state index contributed by atoms with van der Waals surface area (Å²) in [7, 11) is 1.82. The Morgan fingerprint density at radius 1 is 1.31 bits per heavy atom. The molecule has 0 saturated heterocycles. The smallest absolute Gasteiger partial charge is 0.275 e. The van der Waals surface area contributed by atoms with Crippen molar-refractivity contribution in [2.24, 2.45) is 0 Å². The van der Waals surface area contributed by atoms with Gasteiger partial charge in [0, 0.05) is 18.3 Å². The number of anilines is 1. The number of amides is 1. The standard InChI is InChI=1S/C18H21N5O2S/c1-4-16-21-23-17(25)9-14(20-18(23)26-16)10-22(3)11-15(24)19-13-7-5-12(2)6-8-13/h5-9H,4,10-11H2,1-3H3,(H,19,24). The van der Waals surface area contributed by atoms with Gasteiger partial charge in [0.1, 0.15) is 5.01 Å². The molecule has 0 aliphatic rings. The van der Waals surface area contributed by atoms with Crippen molar-refractivity contribution in [1.82, 2.24) is 19.5 Å². The fourth-order valence-corrected chi connectivity index (χ4v) is 3.39. The SMILES string of the molecule is CCc1nn2c(=O)cc(CN(C)CC(=O)Nc3ccc(C)cc3)nc2s1. The summed E-state index contributed by atoms with van der Waals surface area (Å²) in [6.45, 7) is 4.60. The first kappa shape index (κ1) is 18.2. The van der Waals surface area contributed by atoms with Crippen molar-refractivity contribution < 1.29 is 4.79 Å². The maximum Gasteiger partial charge on any atom is 0.275 e. The Labute approximate surface area is 155 Å². The summed E-state index contributed by atoms with van der Waals surface area (Å²) in [5, 5.41) is 7.97. The van der Waals surface area contributed by atoms with Crippen LogP contribution in [0.15, 0.2) is 35.1 Å². The highest BCUT2D eigenvalue weighted by Crippen LogP contribution is 2.12. The lowest BCUT2D eigenvalue weighted by Crippen LogP contribution is -2.30. The monoisotopic (exact) mass is 371 g/mol. The van der Waals surface area contributed by atoms with Crippen molar-refractivity contribution in [1.29, 1.82) is 0 Å². The predicted molar refractivity (Wildman–Crippen MR) is 103 cm³/mol. The number of aromatic nitrogens is 3. The van der Waals surface area contributed by atoms with Gasteiger partial charge in [-0.25, -0.2) is 4.98 Å². The molecule has 0 spiro atoms. The van der Waals surface area contributed by atoms with Gasteiger partial charge < -0.3 is 5.32 Å². The van der Waals surface area contributed by atoms with E-state index < -0.39 is 0 Å². The summed E-state index contributed by atoms with van der Waals surface area (Å²) in [6, 6.07) is 9.12. The third-order valence-electron chi connectivity index (χ3n) is 3.82. The molecular formula is C18H21N5O2S. The first-order chi connectivity index (χ1) is 12.4. The van der Waals surface area contributed by atoms with Crippen molar-refractivity contribution >= 4 is 27.9 Å². The third-order valence-corrected chi connectivity index (χ3v) is 4.88. The van der Waals surface area contributed by atoms with Gasteiger partial charge in [-0.15, -0.1) is 0 Å². The fourth-order valence-electron chi connectivity index (χ4n) is 2.53. The second-order valence-corrected chi connectivity index (χ2v) is 7.26. The topological polar surface area (TPSA) is 79.6 Å². The molecule has 8 heteroatoms. The van der Waals surface area contributed by atoms with Crippen LogP contribution in [0.25, 0.3) is 4.96 Å². The minimum atomic E-state index is -0.196. The maximum atomic E-state index is 12.2. The highest BCUT2D eigenvalue weighted by Gasteiger charge is 2.12. The molecule has 0 aliphatic heterocycles. The Morgan fingerprint density at radius 2 is 2.04 bits per heavy atom. The van der Waals surface area contributed by atoms with E-state index >= 15 is 0 Å². The van der Waals surface area contributed by atoms with Crippen LogP contribution in [0.1, 0.15) is 23.2 Å². The number of carbonyl (C=O) groups is 1. The van der Waals surface area contributed by atoms with Crippen LogP contribution in [0.3, 0.4) is 0 Å². The normalized spacial score (nSPS) is 11.2. The Hall–Kier alpha value is -2.58. The predicted octanol–water partition coefficient (Wildman–Crippen LogP) is 2.09. The zero-order valence-corrected chi connectivity index (χ0v) is 15.8. The van der Waals surface area contributed by atoms with Crippen LogP contribution in [0.4, 0.5) is 5.69 Å². The second-order valence-electron chi connectivity index (χ2n) is 6.22. The highest BCUT2D eigenvalue weighted by atomic mass is 32.1. The first-order valence-corrected chi connectivity index (χ1v) is 9.20. The molecule has 2 aromatic heterocycles. The number of nitrogens with one attached hydrogen (secondary N) is 1. The molecule has 0 bridgehead atoms. The Kier molecular flexibility index (Phi) is 5.43. The molecule has 2 heterocycles. The lowest BCUT2D eigenvalue weighted by Gasteiger charge is -2.15. The second kappa shape index (κ2) is 7.76. The van der Waals surface area contributed by atoms with Gasteiger partial charge in [0.15, 0.2) is 0 Å². The van der Waals surface area contributed by atoms with Gasteiger partial charge in [-0.3, -0.25) is 14.5 Å². The fraction of sp³-hybridized carbons (Fsp3) is 0.333. The van der Waals surface area contributed by atoms with E-state index in [0.717, 1.165) is 22.7 Å². The molecule has 1 N–H and O–H groups in total. The van der Waals surface area contributed by atoms with Gasteiger partial charge in [0.05, 0.1) is 12.2 Å². The van der Waals surface area contributed by atoms with Crippen LogP contribution in [0.5, 0.6) is 0 Å². The molecule has 26 heavy (non-hydrogen) atoms. The quantitative estimate of drug-likeness (QED) is 0.718. The van der Waals surface area contributed by atoms with E-state index in [2.05, 4.69) is 15.4 Å². The molecule has 0 aliphatic carbocycles. The van der Waals surface area contributed by atoms with E-state index in [1.54, 1.807) is 0 Å². The molecule has 0 atom stereocenters. The zero-order valence-electron chi connectivity index (χ0n) is 15.0. The van der Waals surface area contributed by atoms with Crippen LogP contribution in [-0.4, -0.2) is 39.0 Å². The summed E-state index contributed by atoms with van der Waals surface area (Å²) in [6.07, 6.45) is 0.766. The lowest BCUT2D eigenvalue weighted by atomic mass is 10.2. The van der Waals surface area contributed by atoms with Crippen molar-refractivity contribution in [2.45, 2.75) is 26.8 Å². The van der Waals surface area contributed by atoms with Crippen molar-refractivity contribution in [2.75, 3.05) is 18.9 Å². The van der Waals surface area contributed by atoms with Crippen molar-refractivity contribution in [3.05, 3.63) is 57.0 Å². The number of nitrogens with zero attached hydrogens (tertiary/aromatic N) is 4. The van der Waals surface area contributed by atoms with Crippen molar-refractivity contribution in [3.63, 3.8) is 0 Å². The molecule has 1 aromatic carbocycles. The number of rotatable bonds is 6. The summed E-state index contributed by atoms with van der Waals surface area (Å²) < 4.78 is 1.33. The largest absolute Gasteiger partial charge is 0.325 e. The molecular weight excluding hydrogens is 350 g/mol. The minimum absolute atomic E-state index is 0.111. The molecule has 0 saturated carbocycles. The number of hydrogen-bond donors (Lipinski definition) is 1. The number of benzene rings is 1. The van der Waals surface area contributed by atoms with Crippen LogP contribution in [0.2, 0.25) is 0 Å². The maximum absolute atomic E-state index is 12.2. The van der Waals surface area contributed by atoms with E-state index in [0.29, 0.717) is 17.2 Å². The van der Waals surface area contributed by atoms with Gasteiger partial charge >= 0.3 is 0 Å². The van der Waals surface area contributed by atoms with Gasteiger partial charge in [0.2, 0.25) is 10.9 Å². The highest BCUT2D eigenvalue weighted by molar-refractivity contribution is 7.16. The molecule has 3 rings (SSSR count). The number of fused-ring (bicyclic) bond motifs is 1. The first-order valence-electron chi connectivity index (χ1n) is 8.38. The molecule has 0 radical (unpaired) electrons. The number of carbonyl (C=O) groups excluding carboxylic acids is 1. The lowest BCUT2D eigenvalue weighted by molar-refractivity contribution is -0.117. The van der Waals surface area contributed by atoms with E-state index in [-0.39, 0.29) is 18.0 Å². The van der Waals surface area contributed by atoms with Gasteiger partial charge in [-0.1, -0.05) is 36.0 Å². The summed E-state index contributed by atoms with van der Waals surface area (Å²) in [5.41, 5.74) is 2.34. The van der Waals surface area contributed by atoms with Crippen LogP contribution in [0, 0.1) is 6.92 Å². The van der Waals surface area contributed by atoms with E-state index in [4.69, 9.17) is 0 Å². The minimum Gasteiger partial charge on any atom is -0.325 e. The van der Waals surface area contributed by atoms with Crippen molar-refractivity contribution in [3.8, 4) is 0 Å². The third kappa shape index (κ3) is 4.33. The Balaban J connectivity index is 1.64. The van der Waals surface area contributed by atoms with Crippen LogP contribution >= 0.6 is 11.3 Å². The Morgan fingerprint density at radius 3 is 2.73 bits per heavy atom. The Bertz CT molecular complexity index is 977. The molecule has 3 aromatic rings. The van der Waals surface area contributed by atoms with E-state index in [9.17, 15) is 9.59 Å². The summed E-state index contributed by atoms with van der Waals surface area (Å²) >= 11 is 1.41. The summed E-state index contributed by atoms with van der Waals surface area (Å²) in [4.78, 5) is 31.2.